The first kappa shape index (κ1) is 23.0. The predicted molar refractivity (Wildman–Crippen MR) is 115 cm³/mol. The van der Waals surface area contributed by atoms with E-state index in [-0.39, 0.29) is 34.4 Å². The molecule has 4 aliphatic carbocycles. The summed E-state index contributed by atoms with van der Waals surface area (Å²) in [4.78, 5) is 23.4. The Hall–Kier alpha value is -1.21. The van der Waals surface area contributed by atoms with Crippen LogP contribution in [0.2, 0.25) is 0 Å². The van der Waals surface area contributed by atoms with Crippen LogP contribution in [-0.2, 0) is 14.3 Å². The molecular formula is C24H39NO6. The normalized spacial score (nSPS) is 48.9. The van der Waals surface area contributed by atoms with Crippen molar-refractivity contribution in [3.63, 3.8) is 0 Å². The van der Waals surface area contributed by atoms with Gasteiger partial charge in [-0.3, -0.25) is 14.9 Å². The van der Waals surface area contributed by atoms with Gasteiger partial charge in [0.1, 0.15) is 6.10 Å². The number of hydrogen-bond donors (Lipinski definition) is 1. The van der Waals surface area contributed by atoms with Crippen LogP contribution in [0.5, 0.6) is 0 Å². The first-order valence-corrected chi connectivity index (χ1v) is 12.2. The zero-order valence-corrected chi connectivity index (χ0v) is 19.4. The molecule has 0 bridgehead atoms. The summed E-state index contributed by atoms with van der Waals surface area (Å²) in [7, 11) is 0. The molecule has 4 aliphatic rings. The van der Waals surface area contributed by atoms with Gasteiger partial charge in [0.2, 0.25) is 6.04 Å². The smallest absolute Gasteiger partial charge is 0.302 e. The third-order valence-corrected chi connectivity index (χ3v) is 9.62. The molecule has 0 spiro atoms. The maximum Gasteiger partial charge on any atom is 0.302 e. The Kier molecular flexibility index (Phi) is 6.14. The van der Waals surface area contributed by atoms with Crippen molar-refractivity contribution >= 4 is 5.97 Å². The van der Waals surface area contributed by atoms with Crippen molar-refractivity contribution in [2.24, 2.45) is 34.5 Å². The lowest BCUT2D eigenvalue weighted by molar-refractivity contribution is -0.541. The fourth-order valence-electron chi connectivity index (χ4n) is 8.46. The van der Waals surface area contributed by atoms with E-state index >= 15 is 0 Å². The number of rotatable bonds is 5. The molecule has 0 amide bonds. The Labute approximate surface area is 185 Å². The van der Waals surface area contributed by atoms with Crippen LogP contribution >= 0.6 is 0 Å². The van der Waals surface area contributed by atoms with E-state index in [4.69, 9.17) is 9.47 Å². The van der Waals surface area contributed by atoms with Gasteiger partial charge >= 0.3 is 5.97 Å². The standard InChI is InChI=1S/C24H39NO6/c1-5-10-30-20-13-23(3)15(11-19(20)31-14(2)26)6-7-16-17-8-9-21(25(28)29)24(17,4)12-18(27)22(16)23/h15-22,27H,5-13H2,1-4H3/t15-,16-,17-,18-,19-,20-,21-,22+,23-,24-/m0/s1. The monoisotopic (exact) mass is 437 g/mol. The molecule has 4 saturated carbocycles. The minimum Gasteiger partial charge on any atom is -0.460 e. The second-order valence-electron chi connectivity index (χ2n) is 11.2. The van der Waals surface area contributed by atoms with Crippen LogP contribution < -0.4 is 0 Å². The van der Waals surface area contributed by atoms with Gasteiger partial charge in [0, 0.05) is 30.3 Å². The number of esters is 1. The molecule has 1 N–H and O–H groups in total. The minimum atomic E-state index is -0.543. The Morgan fingerprint density at radius 2 is 1.87 bits per heavy atom. The van der Waals surface area contributed by atoms with Gasteiger partial charge in [-0.05, 0) is 74.0 Å². The molecule has 0 radical (unpaired) electrons. The largest absolute Gasteiger partial charge is 0.460 e. The van der Waals surface area contributed by atoms with Crippen molar-refractivity contribution in [2.75, 3.05) is 6.61 Å². The first-order chi connectivity index (χ1) is 14.6. The molecule has 0 unspecified atom stereocenters. The summed E-state index contributed by atoms with van der Waals surface area (Å²) in [5.74, 6) is 0.845. The number of aliphatic hydroxyl groups is 1. The van der Waals surface area contributed by atoms with E-state index in [2.05, 4.69) is 20.8 Å². The van der Waals surface area contributed by atoms with Crippen LogP contribution in [0.15, 0.2) is 0 Å². The van der Waals surface area contributed by atoms with Crippen LogP contribution in [0.3, 0.4) is 0 Å². The van der Waals surface area contributed by atoms with E-state index in [0.717, 1.165) is 38.5 Å². The molecule has 4 rings (SSSR count). The molecule has 0 aromatic carbocycles. The highest BCUT2D eigenvalue weighted by atomic mass is 16.6. The Morgan fingerprint density at radius 3 is 2.52 bits per heavy atom. The van der Waals surface area contributed by atoms with Crippen molar-refractivity contribution < 1.29 is 24.3 Å². The SMILES string of the molecule is CCCO[C@H]1C[C@@]2(C)[C@@H](CC[C@@H]3[C@@H]2[C@@H](O)C[C@]2(C)[C@@H]([N+](=O)[O-])CC[C@@H]32)C[C@@H]1OC(C)=O. The number of nitrogens with zero attached hydrogens (tertiary/aromatic N) is 1. The molecule has 7 heteroatoms. The molecule has 0 saturated heterocycles. The second-order valence-corrected chi connectivity index (χ2v) is 11.2. The fraction of sp³-hybridized carbons (Fsp3) is 0.958. The highest BCUT2D eigenvalue weighted by Crippen LogP contribution is 2.66. The van der Waals surface area contributed by atoms with Crippen molar-refractivity contribution in [2.45, 2.75) is 103 Å². The molecule has 0 aliphatic heterocycles. The van der Waals surface area contributed by atoms with E-state index in [9.17, 15) is 20.0 Å². The van der Waals surface area contributed by atoms with Crippen LogP contribution in [0.1, 0.15) is 79.1 Å². The van der Waals surface area contributed by atoms with Gasteiger partial charge in [-0.25, -0.2) is 0 Å². The average Bonchev–Trinajstić information content (AvgIpc) is 3.02. The number of aliphatic hydroxyl groups excluding tert-OH is 1. The summed E-state index contributed by atoms with van der Waals surface area (Å²) >= 11 is 0. The summed E-state index contributed by atoms with van der Waals surface area (Å²) in [5, 5.41) is 23.2. The van der Waals surface area contributed by atoms with E-state index in [1.165, 1.54) is 6.92 Å². The number of ether oxygens (including phenoxy) is 2. The minimum absolute atomic E-state index is 0.0979. The van der Waals surface area contributed by atoms with Crippen molar-refractivity contribution in [1.82, 2.24) is 0 Å². The van der Waals surface area contributed by atoms with Crippen LogP contribution in [0.4, 0.5) is 0 Å². The zero-order valence-electron chi connectivity index (χ0n) is 19.4. The number of carbonyl (C=O) groups excluding carboxylic acids is 1. The second kappa shape index (κ2) is 8.29. The maximum atomic E-state index is 11.8. The van der Waals surface area contributed by atoms with E-state index in [1.807, 2.05) is 0 Å². The lowest BCUT2D eigenvalue weighted by Gasteiger charge is -2.62. The van der Waals surface area contributed by atoms with E-state index in [0.29, 0.717) is 37.2 Å². The summed E-state index contributed by atoms with van der Waals surface area (Å²) in [5.41, 5.74) is -0.522. The van der Waals surface area contributed by atoms with Gasteiger partial charge in [-0.1, -0.05) is 20.8 Å². The Balaban J connectivity index is 1.62. The van der Waals surface area contributed by atoms with Crippen molar-refractivity contribution in [1.29, 1.82) is 0 Å². The topological polar surface area (TPSA) is 98.9 Å². The van der Waals surface area contributed by atoms with Crippen LogP contribution in [0, 0.1) is 44.6 Å². The van der Waals surface area contributed by atoms with Gasteiger partial charge in [0.25, 0.3) is 0 Å². The molecule has 4 fully saturated rings. The molecule has 0 aromatic rings. The third-order valence-electron chi connectivity index (χ3n) is 9.62. The molecule has 176 valence electrons. The molecule has 0 heterocycles. The molecule has 0 aromatic heterocycles. The predicted octanol–water partition coefficient (Wildman–Crippen LogP) is 3.98. The van der Waals surface area contributed by atoms with Gasteiger partial charge < -0.3 is 14.6 Å². The van der Waals surface area contributed by atoms with Gasteiger partial charge in [-0.15, -0.1) is 0 Å². The maximum absolute atomic E-state index is 11.8. The highest BCUT2D eigenvalue weighted by molar-refractivity contribution is 5.66. The summed E-state index contributed by atoms with van der Waals surface area (Å²) in [6.07, 6.45) is 5.60. The average molecular weight is 438 g/mol. The van der Waals surface area contributed by atoms with Crippen LogP contribution in [-0.4, -0.2) is 47.0 Å². The lowest BCUT2D eigenvalue weighted by atomic mass is 9.44. The van der Waals surface area contributed by atoms with Crippen LogP contribution in [0.25, 0.3) is 0 Å². The summed E-state index contributed by atoms with van der Waals surface area (Å²) < 4.78 is 11.9. The number of hydrogen-bond acceptors (Lipinski definition) is 6. The van der Waals surface area contributed by atoms with Crippen molar-refractivity contribution in [3.8, 4) is 0 Å². The van der Waals surface area contributed by atoms with Gasteiger partial charge in [0.15, 0.2) is 0 Å². The Morgan fingerprint density at radius 1 is 1.13 bits per heavy atom. The van der Waals surface area contributed by atoms with E-state index in [1.54, 1.807) is 0 Å². The molecule has 7 nitrogen and oxygen atoms in total. The Bertz CT molecular complexity index is 714. The summed E-state index contributed by atoms with van der Waals surface area (Å²) in [6, 6.07) is -0.543. The number of carbonyl (C=O) groups is 1. The zero-order chi connectivity index (χ0) is 22.6. The first-order valence-electron chi connectivity index (χ1n) is 12.2. The van der Waals surface area contributed by atoms with Gasteiger partial charge in [0.05, 0.1) is 12.2 Å². The molecule has 31 heavy (non-hydrogen) atoms. The van der Waals surface area contributed by atoms with E-state index < -0.39 is 17.6 Å². The quantitative estimate of drug-likeness (QED) is 0.397. The third kappa shape index (κ3) is 3.69. The molecule has 10 atom stereocenters. The molecular weight excluding hydrogens is 398 g/mol. The fourth-order valence-corrected chi connectivity index (χ4v) is 8.46. The lowest BCUT2D eigenvalue weighted by Crippen LogP contribution is -2.62. The van der Waals surface area contributed by atoms with Crippen molar-refractivity contribution in [3.05, 3.63) is 10.1 Å². The summed E-state index contributed by atoms with van der Waals surface area (Å²) in [6.45, 7) is 8.51. The number of fused-ring (bicyclic) bond motifs is 5. The number of nitro groups is 1. The highest BCUT2D eigenvalue weighted by Gasteiger charge is 2.66. The van der Waals surface area contributed by atoms with Gasteiger partial charge in [-0.2, -0.15) is 0 Å².